The second kappa shape index (κ2) is 8.56. The van der Waals surface area contributed by atoms with Gasteiger partial charge in [-0.25, -0.2) is 0 Å². The SMILES string of the molecule is COc1ccc(N/C(C[C@H]2CC[C@@H](c3ccccc3)CC2)=N\O)cc1. The van der Waals surface area contributed by atoms with Crippen molar-refractivity contribution in [3.63, 3.8) is 0 Å². The first kappa shape index (κ1) is 17.3. The minimum absolute atomic E-state index is 0.566. The number of hydrogen-bond donors (Lipinski definition) is 2. The number of benzene rings is 2. The Morgan fingerprint density at radius 1 is 1.04 bits per heavy atom. The van der Waals surface area contributed by atoms with Crippen molar-refractivity contribution in [3.8, 4) is 5.75 Å². The van der Waals surface area contributed by atoms with E-state index in [4.69, 9.17) is 4.74 Å². The molecule has 0 amide bonds. The van der Waals surface area contributed by atoms with Gasteiger partial charge in [-0.15, -0.1) is 0 Å². The fourth-order valence-electron chi connectivity index (χ4n) is 3.66. The molecule has 4 heteroatoms. The smallest absolute Gasteiger partial charge is 0.146 e. The molecule has 2 aromatic rings. The Labute approximate surface area is 149 Å². The summed E-state index contributed by atoms with van der Waals surface area (Å²) < 4.78 is 5.16. The van der Waals surface area contributed by atoms with Crippen LogP contribution in [0.1, 0.15) is 43.6 Å². The van der Waals surface area contributed by atoms with Crippen LogP contribution in [-0.2, 0) is 0 Å². The molecule has 0 heterocycles. The maximum atomic E-state index is 9.35. The van der Waals surface area contributed by atoms with Crippen LogP contribution < -0.4 is 10.1 Å². The summed E-state index contributed by atoms with van der Waals surface area (Å²) in [5.74, 6) is 2.68. The van der Waals surface area contributed by atoms with Gasteiger partial charge >= 0.3 is 0 Å². The van der Waals surface area contributed by atoms with Crippen molar-refractivity contribution < 1.29 is 9.94 Å². The summed E-state index contributed by atoms with van der Waals surface area (Å²) in [6.45, 7) is 0. The lowest BCUT2D eigenvalue weighted by atomic mass is 9.77. The fraction of sp³-hybridized carbons (Fsp3) is 0.381. The van der Waals surface area contributed by atoms with Crippen LogP contribution in [0.2, 0.25) is 0 Å². The molecule has 0 bridgehead atoms. The van der Waals surface area contributed by atoms with Gasteiger partial charge in [-0.1, -0.05) is 35.5 Å². The predicted octanol–water partition coefficient (Wildman–Crippen LogP) is 5.26. The molecule has 0 aromatic heterocycles. The number of anilines is 1. The quantitative estimate of drug-likeness (QED) is 0.338. The third-order valence-electron chi connectivity index (χ3n) is 5.10. The summed E-state index contributed by atoms with van der Waals surface area (Å²) in [4.78, 5) is 0. The molecular weight excluding hydrogens is 312 g/mol. The van der Waals surface area contributed by atoms with Crippen molar-refractivity contribution in [1.29, 1.82) is 0 Å². The van der Waals surface area contributed by atoms with Crippen LogP contribution in [0.3, 0.4) is 0 Å². The molecule has 0 atom stereocenters. The number of oxime groups is 1. The standard InChI is InChI=1S/C21H26N2O2/c1-25-20-13-11-19(12-14-20)22-21(23-24)15-16-7-9-18(10-8-16)17-5-3-2-4-6-17/h2-6,11-14,16,18,24H,7-10,15H2,1H3,(H,22,23)/t16-,18+. The molecule has 1 aliphatic carbocycles. The van der Waals surface area contributed by atoms with E-state index in [2.05, 4.69) is 40.8 Å². The highest BCUT2D eigenvalue weighted by molar-refractivity contribution is 5.95. The van der Waals surface area contributed by atoms with E-state index in [9.17, 15) is 5.21 Å². The van der Waals surface area contributed by atoms with Gasteiger partial charge in [0.1, 0.15) is 11.6 Å². The summed E-state index contributed by atoms with van der Waals surface area (Å²) in [5.41, 5.74) is 2.36. The lowest BCUT2D eigenvalue weighted by Gasteiger charge is -2.29. The summed E-state index contributed by atoms with van der Waals surface area (Å²) in [6, 6.07) is 18.4. The van der Waals surface area contributed by atoms with E-state index in [1.807, 2.05) is 24.3 Å². The maximum Gasteiger partial charge on any atom is 0.146 e. The van der Waals surface area contributed by atoms with Crippen LogP contribution in [0.25, 0.3) is 0 Å². The van der Waals surface area contributed by atoms with E-state index in [-0.39, 0.29) is 0 Å². The number of nitrogens with zero attached hydrogens (tertiary/aromatic N) is 1. The Balaban J connectivity index is 1.51. The molecule has 0 unspecified atom stereocenters. The Bertz CT molecular complexity index is 675. The molecule has 3 rings (SSSR count). The molecule has 0 aliphatic heterocycles. The second-order valence-electron chi connectivity index (χ2n) is 6.73. The Morgan fingerprint density at radius 3 is 2.32 bits per heavy atom. The summed E-state index contributed by atoms with van der Waals surface area (Å²) in [6.07, 6.45) is 5.53. The largest absolute Gasteiger partial charge is 0.497 e. The number of ether oxygens (including phenoxy) is 1. The highest BCUT2D eigenvalue weighted by Crippen LogP contribution is 2.37. The molecule has 1 fully saturated rings. The van der Waals surface area contributed by atoms with Gasteiger partial charge in [0.25, 0.3) is 0 Å². The molecule has 2 aromatic carbocycles. The Kier molecular flexibility index (Phi) is 5.94. The first-order chi connectivity index (χ1) is 12.3. The van der Waals surface area contributed by atoms with E-state index in [1.165, 1.54) is 31.2 Å². The van der Waals surface area contributed by atoms with Crippen molar-refractivity contribution in [1.82, 2.24) is 0 Å². The number of rotatable bonds is 5. The van der Waals surface area contributed by atoms with Gasteiger partial charge in [0, 0.05) is 12.1 Å². The number of hydrogen-bond acceptors (Lipinski definition) is 3. The van der Waals surface area contributed by atoms with Crippen LogP contribution in [0.4, 0.5) is 5.69 Å². The number of methoxy groups -OCH3 is 1. The van der Waals surface area contributed by atoms with Gasteiger partial charge in [0.2, 0.25) is 0 Å². The van der Waals surface area contributed by atoms with Crippen molar-refractivity contribution in [2.75, 3.05) is 12.4 Å². The highest BCUT2D eigenvalue weighted by atomic mass is 16.5. The fourth-order valence-corrected chi connectivity index (χ4v) is 3.66. The van der Waals surface area contributed by atoms with E-state index < -0.39 is 0 Å². The minimum Gasteiger partial charge on any atom is -0.497 e. The zero-order valence-corrected chi connectivity index (χ0v) is 14.7. The Morgan fingerprint density at radius 2 is 1.72 bits per heavy atom. The summed E-state index contributed by atoms with van der Waals surface area (Å²) in [5, 5.41) is 16.0. The first-order valence-corrected chi connectivity index (χ1v) is 8.95. The summed E-state index contributed by atoms with van der Waals surface area (Å²) in [7, 11) is 1.65. The molecule has 0 spiro atoms. The van der Waals surface area contributed by atoms with Gasteiger partial charge in [-0.2, -0.15) is 0 Å². The third-order valence-corrected chi connectivity index (χ3v) is 5.10. The molecule has 1 aliphatic rings. The molecule has 4 nitrogen and oxygen atoms in total. The molecule has 1 saturated carbocycles. The summed E-state index contributed by atoms with van der Waals surface area (Å²) >= 11 is 0. The van der Waals surface area contributed by atoms with E-state index in [1.54, 1.807) is 7.11 Å². The van der Waals surface area contributed by atoms with Crippen molar-refractivity contribution in [2.24, 2.45) is 11.1 Å². The van der Waals surface area contributed by atoms with E-state index in [0.717, 1.165) is 17.9 Å². The number of nitrogens with one attached hydrogen (secondary N) is 1. The van der Waals surface area contributed by atoms with Crippen molar-refractivity contribution in [3.05, 3.63) is 60.2 Å². The second-order valence-corrected chi connectivity index (χ2v) is 6.73. The topological polar surface area (TPSA) is 53.8 Å². The predicted molar refractivity (Wildman–Crippen MR) is 102 cm³/mol. The van der Waals surface area contributed by atoms with Crippen LogP contribution in [0.15, 0.2) is 59.8 Å². The molecule has 0 saturated heterocycles. The highest BCUT2D eigenvalue weighted by Gasteiger charge is 2.23. The first-order valence-electron chi connectivity index (χ1n) is 8.95. The lowest BCUT2D eigenvalue weighted by Crippen LogP contribution is -2.21. The zero-order valence-electron chi connectivity index (χ0n) is 14.7. The van der Waals surface area contributed by atoms with Gasteiger partial charge < -0.3 is 15.3 Å². The van der Waals surface area contributed by atoms with Crippen LogP contribution in [-0.4, -0.2) is 18.2 Å². The molecule has 25 heavy (non-hydrogen) atoms. The van der Waals surface area contributed by atoms with Gasteiger partial charge in [-0.05, 0) is 67.3 Å². The molecule has 132 valence electrons. The molecule has 0 radical (unpaired) electrons. The van der Waals surface area contributed by atoms with E-state index in [0.29, 0.717) is 17.7 Å². The molecular formula is C21H26N2O2. The monoisotopic (exact) mass is 338 g/mol. The Hall–Kier alpha value is -2.49. The zero-order chi connectivity index (χ0) is 17.5. The lowest BCUT2D eigenvalue weighted by molar-refractivity contribution is 0.306. The normalized spacial score (nSPS) is 20.9. The van der Waals surface area contributed by atoms with Gasteiger partial charge in [-0.3, -0.25) is 0 Å². The van der Waals surface area contributed by atoms with E-state index >= 15 is 0 Å². The van der Waals surface area contributed by atoms with Gasteiger partial charge in [0.05, 0.1) is 7.11 Å². The van der Waals surface area contributed by atoms with Crippen LogP contribution >= 0.6 is 0 Å². The van der Waals surface area contributed by atoms with Gasteiger partial charge in [0.15, 0.2) is 0 Å². The van der Waals surface area contributed by atoms with Crippen molar-refractivity contribution in [2.45, 2.75) is 38.0 Å². The molecule has 2 N–H and O–H groups in total. The average Bonchev–Trinajstić information content (AvgIpc) is 2.69. The van der Waals surface area contributed by atoms with Crippen LogP contribution in [0.5, 0.6) is 5.75 Å². The third kappa shape index (κ3) is 4.75. The van der Waals surface area contributed by atoms with Crippen molar-refractivity contribution >= 4 is 11.5 Å². The van der Waals surface area contributed by atoms with Crippen LogP contribution in [0, 0.1) is 5.92 Å². The maximum absolute atomic E-state index is 9.35. The average molecular weight is 338 g/mol. The minimum atomic E-state index is 0.566. The number of amidine groups is 1.